The number of benzene rings is 1. The van der Waals surface area contributed by atoms with E-state index in [0.717, 1.165) is 21.9 Å². The van der Waals surface area contributed by atoms with Crippen LogP contribution in [0.4, 0.5) is 13.2 Å². The van der Waals surface area contributed by atoms with E-state index in [2.05, 4.69) is 15.5 Å². The Kier molecular flexibility index (Phi) is 6.65. The second-order valence-electron chi connectivity index (χ2n) is 5.85. The first-order chi connectivity index (χ1) is 12.2. The first-order valence-electron chi connectivity index (χ1n) is 7.77. The van der Waals surface area contributed by atoms with Gasteiger partial charge >= 0.3 is 6.18 Å². The van der Waals surface area contributed by atoms with E-state index in [1.54, 1.807) is 0 Å². The van der Waals surface area contributed by atoms with E-state index < -0.39 is 12.0 Å². The summed E-state index contributed by atoms with van der Waals surface area (Å²) in [6, 6.07) is 9.72. The summed E-state index contributed by atoms with van der Waals surface area (Å²) in [6.07, 6.45) is -4.57. The number of hydrogen-bond donors (Lipinski definition) is 1. The fraction of sp³-hybridized carbons (Fsp3) is 0.438. The van der Waals surface area contributed by atoms with Crippen LogP contribution in [0.15, 0.2) is 35.5 Å². The molecule has 0 aliphatic carbocycles. The minimum Gasteiger partial charge on any atom is -0.353 e. The summed E-state index contributed by atoms with van der Waals surface area (Å²) < 4.78 is 38.9. The Balaban J connectivity index is 1.90. The van der Waals surface area contributed by atoms with Crippen molar-refractivity contribution in [3.05, 3.63) is 41.7 Å². The van der Waals surface area contributed by atoms with Gasteiger partial charge in [-0.05, 0) is 19.7 Å². The summed E-state index contributed by atoms with van der Waals surface area (Å²) >= 11 is 0.912. The molecule has 1 aromatic heterocycles. The molecule has 0 spiro atoms. The van der Waals surface area contributed by atoms with E-state index in [4.69, 9.17) is 0 Å². The lowest BCUT2D eigenvalue weighted by molar-refractivity contribution is -0.147. The average molecular weight is 387 g/mol. The molecule has 1 amide bonds. The molecule has 2 rings (SSSR count). The molecule has 0 saturated heterocycles. The second kappa shape index (κ2) is 8.54. The number of rotatable bonds is 7. The molecule has 1 aromatic carbocycles. The van der Waals surface area contributed by atoms with Crippen molar-refractivity contribution in [2.75, 3.05) is 26.4 Å². The monoisotopic (exact) mass is 387 g/mol. The third-order valence-electron chi connectivity index (χ3n) is 3.72. The van der Waals surface area contributed by atoms with Crippen molar-refractivity contribution in [1.82, 2.24) is 25.0 Å². The topological polar surface area (TPSA) is 63.1 Å². The Morgan fingerprint density at radius 2 is 1.92 bits per heavy atom. The number of amides is 1. The number of nitrogens with one attached hydrogen (secondary N) is 1. The van der Waals surface area contributed by atoms with Crippen LogP contribution in [0.1, 0.15) is 17.4 Å². The van der Waals surface area contributed by atoms with Gasteiger partial charge in [0.2, 0.25) is 11.7 Å². The van der Waals surface area contributed by atoms with Crippen LogP contribution >= 0.6 is 11.8 Å². The molecular weight excluding hydrogens is 367 g/mol. The zero-order valence-electron chi connectivity index (χ0n) is 14.6. The highest BCUT2D eigenvalue weighted by Crippen LogP contribution is 2.29. The Morgan fingerprint density at radius 1 is 1.27 bits per heavy atom. The summed E-state index contributed by atoms with van der Waals surface area (Å²) in [5, 5.41) is 9.47. The van der Waals surface area contributed by atoms with Crippen molar-refractivity contribution < 1.29 is 18.0 Å². The number of aromatic nitrogens is 3. The smallest absolute Gasteiger partial charge is 0.353 e. The first-order valence-corrected chi connectivity index (χ1v) is 8.76. The number of halogens is 3. The molecule has 0 bridgehead atoms. The Morgan fingerprint density at radius 3 is 2.46 bits per heavy atom. The van der Waals surface area contributed by atoms with Gasteiger partial charge in [-0.2, -0.15) is 13.2 Å². The summed E-state index contributed by atoms with van der Waals surface area (Å²) in [6.45, 7) is 0.392. The number of carbonyl (C=O) groups is 1. The molecule has 1 N–H and O–H groups in total. The molecule has 1 atom stereocenters. The second-order valence-corrected chi connectivity index (χ2v) is 6.79. The average Bonchev–Trinajstić information content (AvgIpc) is 2.95. The van der Waals surface area contributed by atoms with Crippen LogP contribution in [0.3, 0.4) is 0 Å². The SMILES string of the molecule is CN(C)[C@@H](CNC(=O)CSc1nnc(C(F)(F)F)n1C)c1ccccc1. The molecule has 26 heavy (non-hydrogen) atoms. The summed E-state index contributed by atoms with van der Waals surface area (Å²) in [4.78, 5) is 14.0. The minimum absolute atomic E-state index is 0.00295. The third-order valence-corrected chi connectivity index (χ3v) is 4.74. The van der Waals surface area contributed by atoms with E-state index in [1.807, 2.05) is 49.3 Å². The molecule has 0 saturated carbocycles. The maximum atomic E-state index is 12.7. The lowest BCUT2D eigenvalue weighted by Crippen LogP contribution is -2.35. The van der Waals surface area contributed by atoms with Gasteiger partial charge in [0.15, 0.2) is 5.16 Å². The molecule has 6 nitrogen and oxygen atoms in total. The molecule has 0 radical (unpaired) electrons. The van der Waals surface area contributed by atoms with Crippen LogP contribution in [0.2, 0.25) is 0 Å². The van der Waals surface area contributed by atoms with Crippen LogP contribution in [0, 0.1) is 0 Å². The zero-order chi connectivity index (χ0) is 19.3. The molecule has 0 aliphatic rings. The molecule has 10 heteroatoms. The number of thioether (sulfide) groups is 1. The van der Waals surface area contributed by atoms with E-state index >= 15 is 0 Å². The van der Waals surface area contributed by atoms with Gasteiger partial charge in [0.05, 0.1) is 11.8 Å². The van der Waals surface area contributed by atoms with Gasteiger partial charge in [0.1, 0.15) is 0 Å². The third kappa shape index (κ3) is 5.21. The van der Waals surface area contributed by atoms with E-state index in [0.29, 0.717) is 6.54 Å². The minimum atomic E-state index is -4.57. The molecule has 0 aliphatic heterocycles. The number of hydrogen-bond acceptors (Lipinski definition) is 5. The van der Waals surface area contributed by atoms with Gasteiger partial charge in [-0.15, -0.1) is 10.2 Å². The van der Waals surface area contributed by atoms with Crippen LogP contribution in [-0.2, 0) is 18.0 Å². The van der Waals surface area contributed by atoms with Crippen LogP contribution in [0.25, 0.3) is 0 Å². The highest BCUT2D eigenvalue weighted by Gasteiger charge is 2.37. The Bertz CT molecular complexity index is 733. The Hall–Kier alpha value is -2.07. The van der Waals surface area contributed by atoms with E-state index in [1.165, 1.54) is 7.05 Å². The molecule has 2 aromatic rings. The zero-order valence-corrected chi connectivity index (χ0v) is 15.4. The number of alkyl halides is 3. The molecule has 0 unspecified atom stereocenters. The summed E-state index contributed by atoms with van der Waals surface area (Å²) in [5.74, 6) is -1.41. The van der Waals surface area contributed by atoms with Crippen molar-refractivity contribution in [2.24, 2.45) is 7.05 Å². The normalized spacial score (nSPS) is 13.0. The van der Waals surface area contributed by atoms with Gasteiger partial charge in [0.25, 0.3) is 0 Å². The van der Waals surface area contributed by atoms with Crippen molar-refractivity contribution in [3.8, 4) is 0 Å². The summed E-state index contributed by atoms with van der Waals surface area (Å²) in [7, 11) is 5.05. The number of likely N-dealkylation sites (N-methyl/N-ethyl adjacent to an activating group) is 1. The molecule has 142 valence electrons. The molecular formula is C16H20F3N5OS. The fourth-order valence-electron chi connectivity index (χ4n) is 2.35. The fourth-order valence-corrected chi connectivity index (χ4v) is 3.09. The van der Waals surface area contributed by atoms with Crippen LogP contribution in [-0.4, -0.2) is 52.0 Å². The van der Waals surface area contributed by atoms with Crippen molar-refractivity contribution in [1.29, 1.82) is 0 Å². The van der Waals surface area contributed by atoms with Gasteiger partial charge in [-0.3, -0.25) is 4.79 Å². The van der Waals surface area contributed by atoms with Crippen molar-refractivity contribution >= 4 is 17.7 Å². The molecule has 1 heterocycles. The lowest BCUT2D eigenvalue weighted by atomic mass is 10.1. The van der Waals surface area contributed by atoms with Gasteiger partial charge < -0.3 is 14.8 Å². The number of carbonyl (C=O) groups excluding carboxylic acids is 1. The maximum absolute atomic E-state index is 12.7. The summed E-state index contributed by atoms with van der Waals surface area (Å²) in [5.41, 5.74) is 1.06. The van der Waals surface area contributed by atoms with Crippen molar-refractivity contribution in [3.63, 3.8) is 0 Å². The predicted octanol–water partition coefficient (Wildman–Crippen LogP) is 2.35. The number of nitrogens with zero attached hydrogens (tertiary/aromatic N) is 4. The highest BCUT2D eigenvalue weighted by atomic mass is 32.2. The van der Waals surface area contributed by atoms with Gasteiger partial charge in [-0.25, -0.2) is 0 Å². The van der Waals surface area contributed by atoms with Gasteiger partial charge in [0, 0.05) is 13.6 Å². The van der Waals surface area contributed by atoms with Crippen molar-refractivity contribution in [2.45, 2.75) is 17.4 Å². The standard InChI is InChI=1S/C16H20F3N5OS/c1-23(2)12(11-7-5-4-6-8-11)9-20-13(25)10-26-15-22-21-14(24(15)3)16(17,18)19/h4-8,12H,9-10H2,1-3H3,(H,20,25)/t12-/m0/s1. The maximum Gasteiger partial charge on any atom is 0.451 e. The Labute approximate surface area is 153 Å². The molecule has 0 fully saturated rings. The quantitative estimate of drug-likeness (QED) is 0.739. The van der Waals surface area contributed by atoms with E-state index in [-0.39, 0.29) is 22.9 Å². The largest absolute Gasteiger partial charge is 0.451 e. The predicted molar refractivity (Wildman–Crippen MR) is 92.6 cm³/mol. The highest BCUT2D eigenvalue weighted by molar-refractivity contribution is 7.99. The van der Waals surface area contributed by atoms with Crippen LogP contribution in [0.5, 0.6) is 0 Å². The first kappa shape index (κ1) is 20.2. The van der Waals surface area contributed by atoms with Gasteiger partial charge in [-0.1, -0.05) is 42.1 Å². The van der Waals surface area contributed by atoms with Crippen LogP contribution < -0.4 is 5.32 Å². The van der Waals surface area contributed by atoms with E-state index in [9.17, 15) is 18.0 Å². The lowest BCUT2D eigenvalue weighted by Gasteiger charge is -2.25.